The monoisotopic (exact) mass is 268 g/mol. The van der Waals surface area contributed by atoms with Crippen LogP contribution >= 0.6 is 11.6 Å². The Morgan fingerprint density at radius 3 is 2.50 bits per heavy atom. The van der Waals surface area contributed by atoms with Gasteiger partial charge < -0.3 is 5.32 Å². The fourth-order valence-electron chi connectivity index (χ4n) is 1.56. The molecule has 94 valence electrons. The summed E-state index contributed by atoms with van der Waals surface area (Å²) in [7, 11) is 0. The summed E-state index contributed by atoms with van der Waals surface area (Å²) >= 11 is 5.78. The second-order valence-corrected chi connectivity index (χ2v) is 4.34. The second kappa shape index (κ2) is 5.31. The third-order valence-electron chi connectivity index (χ3n) is 2.53. The Bertz CT molecular complexity index is 543. The third kappa shape index (κ3) is 2.96. The Hall–Kier alpha value is -1.68. The van der Waals surface area contributed by atoms with E-state index in [1.54, 1.807) is 12.1 Å². The van der Waals surface area contributed by atoms with Gasteiger partial charge in [-0.25, -0.2) is 13.8 Å². The van der Waals surface area contributed by atoms with E-state index < -0.39 is 11.6 Å². The van der Waals surface area contributed by atoms with Gasteiger partial charge in [-0.1, -0.05) is 23.7 Å². The van der Waals surface area contributed by atoms with Crippen LogP contribution in [-0.4, -0.2) is 4.98 Å². The predicted octanol–water partition coefficient (Wildman–Crippen LogP) is 4.19. The van der Waals surface area contributed by atoms with Crippen LogP contribution in [0, 0.1) is 11.6 Å². The fraction of sp³-hybridized carbons (Fsp3) is 0.154. The van der Waals surface area contributed by atoms with Gasteiger partial charge in [0.25, 0.3) is 0 Å². The van der Waals surface area contributed by atoms with Crippen molar-refractivity contribution in [1.29, 1.82) is 0 Å². The maximum absolute atomic E-state index is 13.4. The average Bonchev–Trinajstić information content (AvgIpc) is 2.33. The molecule has 2 nitrogen and oxygen atoms in total. The number of benzene rings is 1. The minimum absolute atomic E-state index is 0.0267. The lowest BCUT2D eigenvalue weighted by atomic mass is 10.1. The molecule has 0 amide bonds. The zero-order chi connectivity index (χ0) is 13.1. The first-order valence-electron chi connectivity index (χ1n) is 5.39. The van der Waals surface area contributed by atoms with Crippen LogP contribution in [0.15, 0.2) is 36.5 Å². The molecule has 1 N–H and O–H groups in total. The Kier molecular flexibility index (Phi) is 3.77. The van der Waals surface area contributed by atoms with Crippen LogP contribution in [0.1, 0.15) is 18.5 Å². The van der Waals surface area contributed by atoms with Gasteiger partial charge in [0, 0.05) is 11.1 Å². The molecular weight excluding hydrogens is 258 g/mol. The van der Waals surface area contributed by atoms with Gasteiger partial charge in [0.1, 0.15) is 5.82 Å². The SMILES string of the molecule is CC(Nc1ncc(F)cc1F)c1ccc(Cl)cc1. The van der Waals surface area contributed by atoms with E-state index in [1.807, 2.05) is 19.1 Å². The molecular formula is C13H11ClF2N2. The molecule has 0 aliphatic heterocycles. The molecule has 0 saturated carbocycles. The molecule has 0 bridgehead atoms. The number of hydrogen-bond acceptors (Lipinski definition) is 2. The first-order chi connectivity index (χ1) is 8.56. The molecule has 0 aliphatic carbocycles. The van der Waals surface area contributed by atoms with E-state index in [0.29, 0.717) is 5.02 Å². The largest absolute Gasteiger partial charge is 0.361 e. The van der Waals surface area contributed by atoms with Crippen molar-refractivity contribution < 1.29 is 8.78 Å². The predicted molar refractivity (Wildman–Crippen MR) is 67.6 cm³/mol. The van der Waals surface area contributed by atoms with Crippen molar-refractivity contribution in [2.24, 2.45) is 0 Å². The number of rotatable bonds is 3. The number of hydrogen-bond donors (Lipinski definition) is 1. The van der Waals surface area contributed by atoms with Crippen LogP contribution in [-0.2, 0) is 0 Å². The topological polar surface area (TPSA) is 24.9 Å². The highest BCUT2D eigenvalue weighted by Gasteiger charge is 2.10. The number of nitrogens with one attached hydrogen (secondary N) is 1. The van der Waals surface area contributed by atoms with Gasteiger partial charge in [-0.3, -0.25) is 0 Å². The molecule has 0 aliphatic rings. The maximum atomic E-state index is 13.4. The van der Waals surface area contributed by atoms with E-state index in [9.17, 15) is 8.78 Å². The normalized spacial score (nSPS) is 12.2. The zero-order valence-electron chi connectivity index (χ0n) is 9.62. The van der Waals surface area contributed by atoms with Crippen molar-refractivity contribution in [3.63, 3.8) is 0 Å². The summed E-state index contributed by atoms with van der Waals surface area (Å²) in [6.45, 7) is 1.85. The quantitative estimate of drug-likeness (QED) is 0.903. The Labute approximate surface area is 109 Å². The number of pyridine rings is 1. The summed E-state index contributed by atoms with van der Waals surface area (Å²) in [6.07, 6.45) is 0.972. The molecule has 1 aromatic carbocycles. The highest BCUT2D eigenvalue weighted by atomic mass is 35.5. The summed E-state index contributed by atoms with van der Waals surface area (Å²) in [5.41, 5.74) is 0.935. The number of nitrogens with zero attached hydrogens (tertiary/aromatic N) is 1. The van der Waals surface area contributed by atoms with Crippen molar-refractivity contribution in [2.45, 2.75) is 13.0 Å². The lowest BCUT2D eigenvalue weighted by Gasteiger charge is -2.15. The smallest absolute Gasteiger partial charge is 0.168 e. The minimum Gasteiger partial charge on any atom is -0.361 e. The van der Waals surface area contributed by atoms with Gasteiger partial charge in [0.05, 0.1) is 12.2 Å². The molecule has 18 heavy (non-hydrogen) atoms. The van der Waals surface area contributed by atoms with Gasteiger partial charge in [-0.15, -0.1) is 0 Å². The highest BCUT2D eigenvalue weighted by Crippen LogP contribution is 2.21. The standard InChI is InChI=1S/C13H11ClF2N2/c1-8(9-2-4-10(14)5-3-9)18-13-12(16)6-11(15)7-17-13/h2-8H,1H3,(H,17,18). The summed E-state index contributed by atoms with van der Waals surface area (Å²) < 4.78 is 26.1. The average molecular weight is 269 g/mol. The summed E-state index contributed by atoms with van der Waals surface area (Å²) in [5.74, 6) is -1.38. The molecule has 5 heteroatoms. The van der Waals surface area contributed by atoms with Crippen molar-refractivity contribution in [3.8, 4) is 0 Å². The van der Waals surface area contributed by atoms with Gasteiger partial charge in [-0.05, 0) is 24.6 Å². The first-order valence-corrected chi connectivity index (χ1v) is 5.77. The third-order valence-corrected chi connectivity index (χ3v) is 2.78. The first kappa shape index (κ1) is 12.8. The van der Waals surface area contributed by atoms with Crippen molar-refractivity contribution in [3.05, 3.63) is 58.7 Å². The molecule has 0 saturated heterocycles. The molecule has 2 rings (SSSR count). The lowest BCUT2D eigenvalue weighted by molar-refractivity contribution is 0.574. The van der Waals surface area contributed by atoms with Crippen molar-refractivity contribution in [1.82, 2.24) is 4.98 Å². The Morgan fingerprint density at radius 2 is 1.89 bits per heavy atom. The van der Waals surface area contributed by atoms with Crippen molar-refractivity contribution >= 4 is 17.4 Å². The van der Waals surface area contributed by atoms with Gasteiger partial charge in [0.2, 0.25) is 0 Å². The summed E-state index contributed by atoms with van der Waals surface area (Å²) in [4.78, 5) is 3.67. The number of aromatic nitrogens is 1. The second-order valence-electron chi connectivity index (χ2n) is 3.90. The van der Waals surface area contributed by atoms with E-state index in [-0.39, 0.29) is 11.9 Å². The van der Waals surface area contributed by atoms with Crippen LogP contribution in [0.5, 0.6) is 0 Å². The van der Waals surface area contributed by atoms with E-state index >= 15 is 0 Å². The maximum Gasteiger partial charge on any atom is 0.168 e. The minimum atomic E-state index is -0.712. The van der Waals surface area contributed by atoms with Crippen LogP contribution < -0.4 is 5.32 Å². The van der Waals surface area contributed by atoms with E-state index in [1.165, 1.54) is 0 Å². The highest BCUT2D eigenvalue weighted by molar-refractivity contribution is 6.30. The van der Waals surface area contributed by atoms with E-state index in [4.69, 9.17) is 11.6 Å². The molecule has 0 radical (unpaired) electrons. The van der Waals surface area contributed by atoms with Crippen LogP contribution in [0.4, 0.5) is 14.6 Å². The van der Waals surface area contributed by atoms with Crippen LogP contribution in [0.25, 0.3) is 0 Å². The number of halogens is 3. The summed E-state index contributed by atoms with van der Waals surface area (Å²) in [5, 5.41) is 3.51. The zero-order valence-corrected chi connectivity index (χ0v) is 10.4. The molecule has 1 unspecified atom stereocenters. The van der Waals surface area contributed by atoms with Gasteiger partial charge in [-0.2, -0.15) is 0 Å². The molecule has 2 aromatic rings. The van der Waals surface area contributed by atoms with Crippen LogP contribution in [0.2, 0.25) is 5.02 Å². The number of anilines is 1. The van der Waals surface area contributed by atoms with Crippen LogP contribution in [0.3, 0.4) is 0 Å². The fourth-order valence-corrected chi connectivity index (χ4v) is 1.69. The molecule has 0 fully saturated rings. The Balaban J connectivity index is 2.15. The molecule has 1 aromatic heterocycles. The van der Waals surface area contributed by atoms with Gasteiger partial charge in [0.15, 0.2) is 11.6 Å². The molecule has 0 spiro atoms. The summed E-state index contributed by atoms with van der Waals surface area (Å²) in [6, 6.07) is 7.81. The van der Waals surface area contributed by atoms with E-state index in [2.05, 4.69) is 10.3 Å². The van der Waals surface area contributed by atoms with Gasteiger partial charge >= 0.3 is 0 Å². The van der Waals surface area contributed by atoms with Crippen molar-refractivity contribution in [2.75, 3.05) is 5.32 Å². The molecule has 1 atom stereocenters. The van der Waals surface area contributed by atoms with E-state index in [0.717, 1.165) is 17.8 Å². The Morgan fingerprint density at radius 1 is 1.22 bits per heavy atom. The lowest BCUT2D eigenvalue weighted by Crippen LogP contribution is -2.09. The molecule has 1 heterocycles.